The van der Waals surface area contributed by atoms with Gasteiger partial charge in [-0.25, -0.2) is 9.59 Å². The molecule has 0 atom stereocenters. The van der Waals surface area contributed by atoms with Gasteiger partial charge in [-0.15, -0.1) is 0 Å². The Bertz CT molecular complexity index is 3140. The fourth-order valence-corrected chi connectivity index (χ4v) is 7.04. The van der Waals surface area contributed by atoms with E-state index < -0.39 is 29.8 Å². The average Bonchev–Trinajstić information content (AvgIpc) is 3.33. The molecule has 10 aromatic rings. The minimum Gasteiger partial charge on any atom is -0.545 e. The summed E-state index contributed by atoms with van der Waals surface area (Å²) >= 11 is 0. The molecular formula is C55H39AlN2O10. The molecule has 2 heterocycles. The predicted molar refractivity (Wildman–Crippen MR) is 257 cm³/mol. The third-order valence-corrected chi connectivity index (χ3v) is 10.2. The first kappa shape index (κ1) is 50.2. The molecule has 0 aliphatic rings. The Morgan fingerprint density at radius 2 is 0.588 bits per heavy atom. The van der Waals surface area contributed by atoms with Crippen LogP contribution in [-0.4, -0.2) is 67.4 Å². The van der Waals surface area contributed by atoms with Gasteiger partial charge in [-0.3, -0.25) is 9.97 Å². The summed E-state index contributed by atoms with van der Waals surface area (Å²) in [6, 6.07) is 55.3. The fourth-order valence-electron chi connectivity index (χ4n) is 7.04. The third-order valence-electron chi connectivity index (χ3n) is 10.2. The number of hydrogen-bond acceptors (Lipinski definition) is 10. The van der Waals surface area contributed by atoms with E-state index in [4.69, 9.17) is 10.2 Å². The molecule has 0 fully saturated rings. The quantitative estimate of drug-likeness (QED) is 0.159. The van der Waals surface area contributed by atoms with Crippen LogP contribution in [0.1, 0.15) is 63.2 Å². The van der Waals surface area contributed by atoms with Crippen molar-refractivity contribution in [2.24, 2.45) is 0 Å². The van der Waals surface area contributed by atoms with E-state index in [0.717, 1.165) is 54.5 Å². The Balaban J connectivity index is 0.000000158. The molecule has 0 saturated heterocycles. The van der Waals surface area contributed by atoms with Crippen molar-refractivity contribution >= 4 is 101 Å². The first-order valence-electron chi connectivity index (χ1n) is 20.5. The number of rotatable bonds is 5. The summed E-state index contributed by atoms with van der Waals surface area (Å²) in [5.74, 6) is -5.26. The normalized spacial score (nSPS) is 10.1. The van der Waals surface area contributed by atoms with Gasteiger partial charge < -0.3 is 39.9 Å². The van der Waals surface area contributed by atoms with Gasteiger partial charge in [-0.05, 0) is 70.4 Å². The predicted octanol–water partition coefficient (Wildman–Crippen LogP) is 7.71. The van der Waals surface area contributed by atoms with Gasteiger partial charge >= 0.3 is 29.3 Å². The molecule has 0 amide bonds. The van der Waals surface area contributed by atoms with Crippen molar-refractivity contribution in [1.82, 2.24) is 9.97 Å². The minimum absolute atomic E-state index is 0. The fraction of sp³-hybridized carbons (Fsp3) is 0.0364. The molecule has 0 spiro atoms. The summed E-state index contributed by atoms with van der Waals surface area (Å²) < 4.78 is 0. The van der Waals surface area contributed by atoms with Crippen molar-refractivity contribution in [3.63, 3.8) is 0 Å². The number of carboxylic acids is 5. The smallest absolute Gasteiger partial charge is 0.545 e. The second-order valence-electron chi connectivity index (χ2n) is 14.7. The zero-order valence-electron chi connectivity index (χ0n) is 36.5. The Hall–Kier alpha value is -8.76. The van der Waals surface area contributed by atoms with Crippen LogP contribution in [0.15, 0.2) is 188 Å². The van der Waals surface area contributed by atoms with Gasteiger partial charge in [0.25, 0.3) is 0 Å². The number of aromatic carboxylic acids is 5. The summed E-state index contributed by atoms with van der Waals surface area (Å²) in [5.41, 5.74) is 4.02. The Labute approximate surface area is 400 Å². The molecular weight excluding hydrogens is 876 g/mol. The van der Waals surface area contributed by atoms with E-state index in [1.54, 1.807) is 78.9 Å². The van der Waals surface area contributed by atoms with Crippen LogP contribution in [0.2, 0.25) is 0 Å². The Kier molecular flexibility index (Phi) is 17.3. The van der Waals surface area contributed by atoms with E-state index in [1.165, 1.54) is 0 Å². The second-order valence-corrected chi connectivity index (χ2v) is 14.7. The van der Waals surface area contributed by atoms with Gasteiger partial charge in [0.2, 0.25) is 0 Å². The zero-order valence-corrected chi connectivity index (χ0v) is 37.7. The van der Waals surface area contributed by atoms with Crippen LogP contribution in [0.5, 0.6) is 0 Å². The molecule has 0 bridgehead atoms. The standard InChI is InChI=1S/2C11H9NO2.3C11H8O2.Al/c2*1-7-5-6-8-3-2-4-9(11(13)14)10(8)12-7;3*12-11(13)10-7-3-5-8-4-1-2-6-9(8)10;/h2*2-6H,1H3,(H,13,14);3*1-7H,(H,12,13);/q;;;;;+3/p-3. The van der Waals surface area contributed by atoms with Crippen molar-refractivity contribution < 1.29 is 49.5 Å². The molecule has 12 nitrogen and oxygen atoms in total. The van der Waals surface area contributed by atoms with Gasteiger partial charge in [0, 0.05) is 38.9 Å². The third kappa shape index (κ3) is 12.5. The maximum absolute atomic E-state index is 10.9. The summed E-state index contributed by atoms with van der Waals surface area (Å²) in [6.07, 6.45) is 0. The first-order chi connectivity index (χ1) is 32.2. The molecule has 0 aliphatic carbocycles. The van der Waals surface area contributed by atoms with E-state index in [2.05, 4.69) is 9.97 Å². The molecule has 8 aromatic carbocycles. The van der Waals surface area contributed by atoms with Gasteiger partial charge in [0.15, 0.2) is 0 Å². The number of para-hydroxylation sites is 2. The number of aryl methyl sites for hydroxylation is 2. The van der Waals surface area contributed by atoms with Crippen LogP contribution >= 0.6 is 0 Å². The molecule has 2 aromatic heterocycles. The first-order valence-corrected chi connectivity index (χ1v) is 20.5. The van der Waals surface area contributed by atoms with E-state index in [9.17, 15) is 39.3 Å². The Morgan fingerprint density at radius 1 is 0.338 bits per heavy atom. The summed E-state index contributed by atoms with van der Waals surface area (Å²) in [7, 11) is 0. The number of aromatic nitrogens is 2. The van der Waals surface area contributed by atoms with Gasteiger partial charge in [0.05, 0.1) is 40.1 Å². The van der Waals surface area contributed by atoms with Gasteiger partial charge in [-0.2, -0.15) is 0 Å². The molecule has 0 unspecified atom stereocenters. The molecule has 0 aliphatic heterocycles. The van der Waals surface area contributed by atoms with Crippen molar-refractivity contribution in [3.05, 3.63) is 227 Å². The molecule has 332 valence electrons. The van der Waals surface area contributed by atoms with Crippen molar-refractivity contribution in [2.45, 2.75) is 13.8 Å². The number of nitrogens with zero attached hydrogens (tertiary/aromatic N) is 2. The van der Waals surface area contributed by atoms with Crippen molar-refractivity contribution in [1.29, 1.82) is 0 Å². The van der Waals surface area contributed by atoms with E-state index in [-0.39, 0.29) is 45.2 Å². The molecule has 10 rings (SSSR count). The van der Waals surface area contributed by atoms with E-state index >= 15 is 0 Å². The van der Waals surface area contributed by atoms with Crippen LogP contribution in [0.25, 0.3) is 54.1 Å². The van der Waals surface area contributed by atoms with Crippen LogP contribution in [-0.2, 0) is 0 Å². The number of hydrogen-bond donors (Lipinski definition) is 2. The van der Waals surface area contributed by atoms with Crippen LogP contribution in [0.3, 0.4) is 0 Å². The summed E-state index contributed by atoms with van der Waals surface area (Å²) in [5, 5.41) is 56.6. The number of fused-ring (bicyclic) bond motifs is 5. The topological polar surface area (TPSA) is 221 Å². The average molecular weight is 915 g/mol. The SMILES string of the molecule is Cc1ccc2cccc(C(=O)O)c2n1.Cc1ccc2cccc(C(=O)O)c2n1.O=C([O-])c1cccc2ccccc12.O=C([O-])c1cccc2ccccc12.O=C([O-])c1cccc2ccccc12.[Al+3]. The van der Waals surface area contributed by atoms with Gasteiger partial charge in [0.1, 0.15) is 0 Å². The maximum Gasteiger partial charge on any atom is 3.00 e. The van der Waals surface area contributed by atoms with E-state index in [1.807, 2.05) is 123 Å². The number of pyridine rings is 2. The number of carbonyl (C=O) groups is 5. The molecule has 0 radical (unpaired) electrons. The number of carboxylic acid groups (broad SMARTS) is 5. The largest absolute Gasteiger partial charge is 3.00 e. The Morgan fingerprint density at radius 3 is 0.868 bits per heavy atom. The molecule has 2 N–H and O–H groups in total. The van der Waals surface area contributed by atoms with Crippen LogP contribution in [0, 0.1) is 13.8 Å². The maximum atomic E-state index is 10.9. The van der Waals surface area contributed by atoms with Crippen molar-refractivity contribution in [3.8, 4) is 0 Å². The van der Waals surface area contributed by atoms with E-state index in [0.29, 0.717) is 11.0 Å². The number of carbonyl (C=O) groups excluding carboxylic acids is 3. The summed E-state index contributed by atoms with van der Waals surface area (Å²) in [6.45, 7) is 3.69. The van der Waals surface area contributed by atoms with Crippen LogP contribution < -0.4 is 15.3 Å². The molecule has 68 heavy (non-hydrogen) atoms. The molecule has 0 saturated carbocycles. The monoisotopic (exact) mass is 914 g/mol. The van der Waals surface area contributed by atoms with Gasteiger partial charge in [-0.1, -0.05) is 164 Å². The summed E-state index contributed by atoms with van der Waals surface area (Å²) in [4.78, 5) is 62.3. The van der Waals surface area contributed by atoms with Crippen LogP contribution in [0.4, 0.5) is 0 Å². The number of benzene rings is 8. The molecule has 13 heteroatoms. The zero-order chi connectivity index (χ0) is 48.0. The van der Waals surface area contributed by atoms with Crippen molar-refractivity contribution in [2.75, 3.05) is 0 Å². The second kappa shape index (κ2) is 23.4. The minimum atomic E-state index is -1.13.